The van der Waals surface area contributed by atoms with Crippen LogP contribution >= 0.6 is 0 Å². The second kappa shape index (κ2) is 5.09. The average molecular weight is 125 g/mol. The van der Waals surface area contributed by atoms with Gasteiger partial charge >= 0.3 is 0 Å². The molecule has 0 aromatic rings. The lowest BCUT2D eigenvalue weighted by molar-refractivity contribution is -0.116. The van der Waals surface area contributed by atoms with Crippen LogP contribution in [0.2, 0.25) is 0 Å². The maximum atomic E-state index is 10.5. The molecule has 0 atom stereocenters. The molecule has 0 bridgehead atoms. The Bertz CT molecular complexity index is 136. The van der Waals surface area contributed by atoms with Crippen molar-refractivity contribution in [3.05, 3.63) is 24.3 Å². The lowest BCUT2D eigenvalue weighted by Crippen LogP contribution is -2.13. The molecule has 0 saturated heterocycles. The number of rotatable bonds is 2. The van der Waals surface area contributed by atoms with E-state index in [4.69, 9.17) is 0 Å². The van der Waals surface area contributed by atoms with Gasteiger partial charge in [0.15, 0.2) is 0 Å². The van der Waals surface area contributed by atoms with Crippen molar-refractivity contribution in [2.45, 2.75) is 6.92 Å². The molecule has 1 amide bonds. The summed E-state index contributed by atoms with van der Waals surface area (Å²) in [4.78, 5) is 10.5. The van der Waals surface area contributed by atoms with E-state index >= 15 is 0 Å². The number of allylic oxidation sites excluding steroid dienone is 3. The molecule has 0 saturated carbocycles. The van der Waals surface area contributed by atoms with Crippen molar-refractivity contribution in [2.75, 3.05) is 7.05 Å². The normalized spacial score (nSPS) is 10.9. The molecular formula is C7H11NO. The van der Waals surface area contributed by atoms with Crippen LogP contribution in [0.3, 0.4) is 0 Å². The summed E-state index contributed by atoms with van der Waals surface area (Å²) in [5, 5.41) is 2.46. The third-order valence-electron chi connectivity index (χ3n) is 0.798. The van der Waals surface area contributed by atoms with E-state index < -0.39 is 0 Å². The van der Waals surface area contributed by atoms with E-state index in [0.29, 0.717) is 0 Å². The molecule has 1 N–H and O–H groups in total. The first-order chi connectivity index (χ1) is 4.31. The Morgan fingerprint density at radius 1 is 1.44 bits per heavy atom. The molecule has 0 aliphatic carbocycles. The lowest BCUT2D eigenvalue weighted by Gasteiger charge is -1.85. The molecule has 0 radical (unpaired) electrons. The minimum atomic E-state index is -0.0758. The van der Waals surface area contributed by atoms with Gasteiger partial charge in [0.1, 0.15) is 0 Å². The van der Waals surface area contributed by atoms with E-state index in [0.717, 1.165) is 0 Å². The Hall–Kier alpha value is -1.05. The Labute approximate surface area is 55.3 Å². The van der Waals surface area contributed by atoms with Crippen LogP contribution in [0.25, 0.3) is 0 Å². The number of likely N-dealkylation sites (N-methyl/N-ethyl adjacent to an activating group) is 1. The van der Waals surface area contributed by atoms with Gasteiger partial charge in [0, 0.05) is 13.1 Å². The third-order valence-corrected chi connectivity index (χ3v) is 0.798. The molecule has 0 fully saturated rings. The topological polar surface area (TPSA) is 29.1 Å². The van der Waals surface area contributed by atoms with E-state index in [1.54, 1.807) is 19.2 Å². The highest BCUT2D eigenvalue weighted by molar-refractivity contribution is 5.87. The summed E-state index contributed by atoms with van der Waals surface area (Å²) in [6.07, 6.45) is 6.83. The lowest BCUT2D eigenvalue weighted by atomic mass is 10.4. The van der Waals surface area contributed by atoms with Crippen LogP contribution in [-0.2, 0) is 4.79 Å². The van der Waals surface area contributed by atoms with Gasteiger partial charge in [-0.25, -0.2) is 0 Å². The van der Waals surface area contributed by atoms with Gasteiger partial charge in [-0.3, -0.25) is 4.79 Å². The smallest absolute Gasteiger partial charge is 0.243 e. The fraction of sp³-hybridized carbons (Fsp3) is 0.286. The zero-order valence-corrected chi connectivity index (χ0v) is 5.72. The molecule has 2 heteroatoms. The maximum Gasteiger partial charge on any atom is 0.243 e. The van der Waals surface area contributed by atoms with Crippen LogP contribution in [-0.4, -0.2) is 13.0 Å². The zero-order valence-electron chi connectivity index (χ0n) is 5.72. The highest BCUT2D eigenvalue weighted by atomic mass is 16.1. The van der Waals surface area contributed by atoms with Gasteiger partial charge in [0.25, 0.3) is 0 Å². The van der Waals surface area contributed by atoms with Gasteiger partial charge < -0.3 is 5.32 Å². The van der Waals surface area contributed by atoms with Gasteiger partial charge in [-0.1, -0.05) is 18.2 Å². The van der Waals surface area contributed by atoms with E-state index in [1.807, 2.05) is 13.0 Å². The minimum Gasteiger partial charge on any atom is -0.356 e. The van der Waals surface area contributed by atoms with Gasteiger partial charge in [-0.05, 0) is 6.92 Å². The summed E-state index contributed by atoms with van der Waals surface area (Å²) in [5.74, 6) is -0.0758. The van der Waals surface area contributed by atoms with Gasteiger partial charge in [-0.2, -0.15) is 0 Å². The average Bonchev–Trinajstić information content (AvgIpc) is 1.89. The number of hydrogen-bond donors (Lipinski definition) is 1. The van der Waals surface area contributed by atoms with E-state index in [2.05, 4.69) is 5.32 Å². The summed E-state index contributed by atoms with van der Waals surface area (Å²) >= 11 is 0. The summed E-state index contributed by atoms with van der Waals surface area (Å²) in [5.41, 5.74) is 0. The second-order valence-electron chi connectivity index (χ2n) is 1.50. The Morgan fingerprint density at radius 2 is 2.11 bits per heavy atom. The fourth-order valence-electron chi connectivity index (χ4n) is 0.337. The minimum absolute atomic E-state index is 0.0758. The Kier molecular flexibility index (Phi) is 4.50. The molecule has 2 nitrogen and oxygen atoms in total. The summed E-state index contributed by atoms with van der Waals surface area (Å²) in [7, 11) is 1.60. The number of carbonyl (C=O) groups excluding carboxylic acids is 1. The molecule has 50 valence electrons. The third kappa shape index (κ3) is 4.81. The molecule has 0 aromatic carbocycles. The molecule has 0 heterocycles. The number of nitrogens with one attached hydrogen (secondary N) is 1. The predicted molar refractivity (Wildman–Crippen MR) is 38.0 cm³/mol. The standard InChI is InChI=1S/C7H11NO/c1-3-4-5-6-7(9)8-2/h3-6H,1-2H3,(H,8,9)/b4-3-,6-5+. The van der Waals surface area contributed by atoms with Crippen LogP contribution in [0.1, 0.15) is 6.92 Å². The van der Waals surface area contributed by atoms with Crippen molar-refractivity contribution in [1.82, 2.24) is 5.32 Å². The van der Waals surface area contributed by atoms with Crippen LogP contribution in [0.4, 0.5) is 0 Å². The molecule has 0 aromatic heterocycles. The van der Waals surface area contributed by atoms with Crippen LogP contribution in [0.15, 0.2) is 24.3 Å². The monoisotopic (exact) mass is 125 g/mol. The van der Waals surface area contributed by atoms with Crippen molar-refractivity contribution in [1.29, 1.82) is 0 Å². The van der Waals surface area contributed by atoms with Crippen molar-refractivity contribution < 1.29 is 4.79 Å². The fourth-order valence-corrected chi connectivity index (χ4v) is 0.337. The van der Waals surface area contributed by atoms with Gasteiger partial charge in [0.2, 0.25) is 5.91 Å². The highest BCUT2D eigenvalue weighted by Crippen LogP contribution is 1.74. The van der Waals surface area contributed by atoms with E-state index in [9.17, 15) is 4.79 Å². The van der Waals surface area contributed by atoms with Gasteiger partial charge in [0.05, 0.1) is 0 Å². The van der Waals surface area contributed by atoms with Gasteiger partial charge in [-0.15, -0.1) is 0 Å². The summed E-state index contributed by atoms with van der Waals surface area (Å²) in [6.45, 7) is 1.90. The van der Waals surface area contributed by atoms with Crippen molar-refractivity contribution in [2.24, 2.45) is 0 Å². The SMILES string of the molecule is C/C=C\C=C\C(=O)NC. The number of amides is 1. The quantitative estimate of drug-likeness (QED) is 0.430. The zero-order chi connectivity index (χ0) is 7.11. The number of carbonyl (C=O) groups is 1. The predicted octanol–water partition coefficient (Wildman–Crippen LogP) is 0.865. The molecule has 0 aliphatic heterocycles. The molecular weight excluding hydrogens is 114 g/mol. The van der Waals surface area contributed by atoms with Crippen LogP contribution < -0.4 is 5.32 Å². The van der Waals surface area contributed by atoms with Crippen molar-refractivity contribution in [3.8, 4) is 0 Å². The first kappa shape index (κ1) is 7.95. The van der Waals surface area contributed by atoms with Crippen LogP contribution in [0.5, 0.6) is 0 Å². The second-order valence-corrected chi connectivity index (χ2v) is 1.50. The number of hydrogen-bond acceptors (Lipinski definition) is 1. The highest BCUT2D eigenvalue weighted by Gasteiger charge is 1.82. The first-order valence-electron chi connectivity index (χ1n) is 2.82. The Morgan fingerprint density at radius 3 is 2.56 bits per heavy atom. The summed E-state index contributed by atoms with van der Waals surface area (Å²) in [6, 6.07) is 0. The van der Waals surface area contributed by atoms with Crippen molar-refractivity contribution in [3.63, 3.8) is 0 Å². The van der Waals surface area contributed by atoms with E-state index in [1.165, 1.54) is 6.08 Å². The molecule has 9 heavy (non-hydrogen) atoms. The first-order valence-corrected chi connectivity index (χ1v) is 2.82. The summed E-state index contributed by atoms with van der Waals surface area (Å²) < 4.78 is 0. The van der Waals surface area contributed by atoms with E-state index in [-0.39, 0.29) is 5.91 Å². The van der Waals surface area contributed by atoms with Crippen LogP contribution in [0, 0.1) is 0 Å². The largest absolute Gasteiger partial charge is 0.356 e. The Balaban J connectivity index is 3.57. The molecule has 0 spiro atoms. The molecule has 0 rings (SSSR count). The maximum absolute atomic E-state index is 10.5. The molecule has 0 aliphatic rings. The van der Waals surface area contributed by atoms with Crippen molar-refractivity contribution >= 4 is 5.91 Å². The molecule has 0 unspecified atom stereocenters.